The lowest BCUT2D eigenvalue weighted by atomic mass is 9.79. The van der Waals surface area contributed by atoms with Crippen molar-refractivity contribution >= 4 is 5.91 Å². The lowest BCUT2D eigenvalue weighted by molar-refractivity contribution is -0.138. The highest BCUT2D eigenvalue weighted by Crippen LogP contribution is 2.38. The maximum absolute atomic E-state index is 12.1. The number of hydrogen-bond donors (Lipinski definition) is 1. The average molecular weight is 260 g/mol. The van der Waals surface area contributed by atoms with E-state index in [0.717, 1.165) is 18.4 Å². The van der Waals surface area contributed by atoms with Crippen LogP contribution in [0.4, 0.5) is 0 Å². The summed E-state index contributed by atoms with van der Waals surface area (Å²) < 4.78 is 5.65. The normalized spacial score (nSPS) is 25.4. The summed E-state index contributed by atoms with van der Waals surface area (Å²) in [6.07, 6.45) is 3.28. The number of nitrogens with one attached hydrogen (secondary N) is 1. The first kappa shape index (κ1) is 12.6. The van der Waals surface area contributed by atoms with E-state index in [1.165, 1.54) is 6.42 Å². The van der Waals surface area contributed by atoms with Gasteiger partial charge in [0.25, 0.3) is 0 Å². The molecule has 0 spiro atoms. The number of nitrogens with zero attached hydrogens (tertiary/aromatic N) is 1. The molecule has 1 amide bonds. The smallest absolute Gasteiger partial charge is 0.238 e. The van der Waals surface area contributed by atoms with Gasteiger partial charge in [-0.05, 0) is 24.8 Å². The Bertz CT molecular complexity index is 451. The molecular formula is C15H20N2O2. The van der Waals surface area contributed by atoms with Crippen molar-refractivity contribution in [3.05, 3.63) is 35.9 Å². The van der Waals surface area contributed by atoms with Gasteiger partial charge in [0.15, 0.2) is 0 Å². The Labute approximate surface area is 113 Å². The molecular weight excluding hydrogens is 240 g/mol. The zero-order valence-corrected chi connectivity index (χ0v) is 11.3. The van der Waals surface area contributed by atoms with Crippen LogP contribution >= 0.6 is 0 Å². The Kier molecular flexibility index (Phi) is 3.29. The van der Waals surface area contributed by atoms with Crippen molar-refractivity contribution < 1.29 is 9.53 Å². The molecule has 19 heavy (non-hydrogen) atoms. The van der Waals surface area contributed by atoms with Crippen LogP contribution < -0.4 is 5.32 Å². The summed E-state index contributed by atoms with van der Waals surface area (Å²) in [6.45, 7) is 1.11. The van der Waals surface area contributed by atoms with Crippen molar-refractivity contribution in [1.29, 1.82) is 0 Å². The van der Waals surface area contributed by atoms with Crippen LogP contribution in [-0.2, 0) is 9.53 Å². The van der Waals surface area contributed by atoms with Crippen LogP contribution in [0.3, 0.4) is 0 Å². The van der Waals surface area contributed by atoms with Crippen LogP contribution in [0, 0.1) is 0 Å². The Balaban J connectivity index is 1.79. The van der Waals surface area contributed by atoms with Gasteiger partial charge in [-0.3, -0.25) is 10.1 Å². The number of hydrogen-bond acceptors (Lipinski definition) is 3. The molecule has 1 aromatic rings. The molecule has 1 unspecified atom stereocenters. The number of rotatable bonds is 4. The van der Waals surface area contributed by atoms with Gasteiger partial charge >= 0.3 is 0 Å². The molecule has 1 saturated heterocycles. The number of amides is 1. The van der Waals surface area contributed by atoms with Crippen LogP contribution in [0.1, 0.15) is 31.0 Å². The SMILES string of the molecule is COC1(CN2C(=O)CNC2c2ccccc2)CCC1. The Morgan fingerprint density at radius 2 is 2.11 bits per heavy atom. The predicted molar refractivity (Wildman–Crippen MR) is 72.5 cm³/mol. The average Bonchev–Trinajstić information content (AvgIpc) is 2.76. The molecule has 1 heterocycles. The van der Waals surface area contributed by atoms with Crippen LogP contribution in [0.5, 0.6) is 0 Å². The number of carbonyl (C=O) groups is 1. The van der Waals surface area contributed by atoms with Gasteiger partial charge in [-0.15, -0.1) is 0 Å². The third kappa shape index (κ3) is 2.26. The molecule has 2 fully saturated rings. The second-order valence-corrected chi connectivity index (χ2v) is 5.46. The summed E-state index contributed by atoms with van der Waals surface area (Å²) in [4.78, 5) is 14.0. The van der Waals surface area contributed by atoms with E-state index in [0.29, 0.717) is 13.1 Å². The van der Waals surface area contributed by atoms with Crippen LogP contribution in [0.25, 0.3) is 0 Å². The molecule has 1 atom stereocenters. The predicted octanol–water partition coefficient (Wildman–Crippen LogP) is 1.69. The first-order valence-electron chi connectivity index (χ1n) is 6.87. The first-order chi connectivity index (χ1) is 9.24. The largest absolute Gasteiger partial charge is 0.376 e. The van der Waals surface area contributed by atoms with E-state index >= 15 is 0 Å². The number of benzene rings is 1. The van der Waals surface area contributed by atoms with Crippen molar-refractivity contribution in [1.82, 2.24) is 10.2 Å². The second-order valence-electron chi connectivity index (χ2n) is 5.46. The maximum atomic E-state index is 12.1. The lowest BCUT2D eigenvalue weighted by Gasteiger charge is -2.44. The number of ether oxygens (including phenoxy) is 1. The molecule has 1 N–H and O–H groups in total. The van der Waals surface area contributed by atoms with Gasteiger partial charge in [-0.1, -0.05) is 30.3 Å². The van der Waals surface area contributed by atoms with Crippen molar-refractivity contribution in [3.63, 3.8) is 0 Å². The van der Waals surface area contributed by atoms with E-state index in [-0.39, 0.29) is 17.7 Å². The van der Waals surface area contributed by atoms with Gasteiger partial charge in [-0.2, -0.15) is 0 Å². The van der Waals surface area contributed by atoms with E-state index in [9.17, 15) is 4.79 Å². The topological polar surface area (TPSA) is 41.6 Å². The summed E-state index contributed by atoms with van der Waals surface area (Å²) in [5.41, 5.74) is 1.02. The molecule has 102 valence electrons. The standard InChI is InChI=1S/C15H20N2O2/c1-19-15(8-5-9-15)11-17-13(18)10-16-14(17)12-6-3-2-4-7-12/h2-4,6-7,14,16H,5,8-11H2,1H3. The minimum atomic E-state index is -0.116. The fraction of sp³-hybridized carbons (Fsp3) is 0.533. The van der Waals surface area contributed by atoms with Gasteiger partial charge < -0.3 is 9.64 Å². The third-order valence-electron chi connectivity index (χ3n) is 4.35. The molecule has 4 nitrogen and oxygen atoms in total. The van der Waals surface area contributed by atoms with Gasteiger partial charge in [0, 0.05) is 7.11 Å². The summed E-state index contributed by atoms with van der Waals surface area (Å²) in [5, 5.41) is 3.29. The summed E-state index contributed by atoms with van der Waals surface area (Å²) >= 11 is 0. The minimum absolute atomic E-state index is 0.0127. The molecule has 3 rings (SSSR count). The third-order valence-corrected chi connectivity index (χ3v) is 4.35. The highest BCUT2D eigenvalue weighted by atomic mass is 16.5. The van der Waals surface area contributed by atoms with Crippen LogP contribution in [-0.4, -0.2) is 36.6 Å². The van der Waals surface area contributed by atoms with Gasteiger partial charge in [-0.25, -0.2) is 0 Å². The zero-order chi connectivity index (χ0) is 13.3. The van der Waals surface area contributed by atoms with Gasteiger partial charge in [0.05, 0.1) is 18.7 Å². The minimum Gasteiger partial charge on any atom is -0.376 e. The number of carbonyl (C=O) groups excluding carboxylic acids is 1. The maximum Gasteiger partial charge on any atom is 0.238 e. The highest BCUT2D eigenvalue weighted by Gasteiger charge is 2.43. The first-order valence-corrected chi connectivity index (χ1v) is 6.87. The van der Waals surface area contributed by atoms with Crippen molar-refractivity contribution in [2.75, 3.05) is 20.2 Å². The van der Waals surface area contributed by atoms with E-state index in [2.05, 4.69) is 17.4 Å². The molecule has 0 bridgehead atoms. The molecule has 4 heteroatoms. The van der Waals surface area contributed by atoms with Crippen LogP contribution in [0.15, 0.2) is 30.3 Å². The van der Waals surface area contributed by atoms with Crippen molar-refractivity contribution in [2.45, 2.75) is 31.0 Å². The van der Waals surface area contributed by atoms with E-state index < -0.39 is 0 Å². The van der Waals surface area contributed by atoms with Crippen molar-refractivity contribution in [2.24, 2.45) is 0 Å². The Morgan fingerprint density at radius 3 is 2.68 bits per heavy atom. The quantitative estimate of drug-likeness (QED) is 0.895. The molecule has 1 aliphatic carbocycles. The highest BCUT2D eigenvalue weighted by molar-refractivity contribution is 5.81. The molecule has 1 saturated carbocycles. The van der Waals surface area contributed by atoms with Crippen LogP contribution in [0.2, 0.25) is 0 Å². The molecule has 0 aromatic heterocycles. The van der Waals surface area contributed by atoms with Gasteiger partial charge in [0.2, 0.25) is 5.91 Å². The van der Waals surface area contributed by atoms with Crippen molar-refractivity contribution in [3.8, 4) is 0 Å². The monoisotopic (exact) mass is 260 g/mol. The molecule has 2 aliphatic rings. The summed E-state index contributed by atoms with van der Waals surface area (Å²) in [6, 6.07) is 10.1. The fourth-order valence-electron chi connectivity index (χ4n) is 2.96. The van der Waals surface area contributed by atoms with E-state index in [1.54, 1.807) is 7.11 Å². The zero-order valence-electron chi connectivity index (χ0n) is 11.3. The lowest BCUT2D eigenvalue weighted by Crippen LogP contribution is -2.50. The summed E-state index contributed by atoms with van der Waals surface area (Å²) in [7, 11) is 1.75. The fourth-order valence-corrected chi connectivity index (χ4v) is 2.96. The second kappa shape index (κ2) is 4.94. The Morgan fingerprint density at radius 1 is 1.37 bits per heavy atom. The van der Waals surface area contributed by atoms with Gasteiger partial charge in [0.1, 0.15) is 6.17 Å². The summed E-state index contributed by atoms with van der Waals surface area (Å²) in [5.74, 6) is 0.164. The molecule has 0 radical (unpaired) electrons. The number of methoxy groups -OCH3 is 1. The molecule has 1 aliphatic heterocycles. The van der Waals surface area contributed by atoms with E-state index in [1.807, 2.05) is 23.1 Å². The molecule has 1 aromatic carbocycles. The van der Waals surface area contributed by atoms with E-state index in [4.69, 9.17) is 4.74 Å². The Hall–Kier alpha value is -1.39.